The summed E-state index contributed by atoms with van der Waals surface area (Å²) in [5.41, 5.74) is 0.611. The molecule has 0 aliphatic carbocycles. The smallest absolute Gasteiger partial charge is 0.260 e. The average Bonchev–Trinajstić information content (AvgIpc) is 1.96. The van der Waals surface area contributed by atoms with Gasteiger partial charge in [0.25, 0.3) is 5.88 Å². The summed E-state index contributed by atoms with van der Waals surface area (Å²) in [5, 5.41) is 20.0. The van der Waals surface area contributed by atoms with E-state index in [1.54, 1.807) is 6.92 Å². The molecule has 0 fully saturated rings. The largest absolute Gasteiger partial charge is 0.478 e. The Morgan fingerprint density at radius 2 is 2.36 bits per heavy atom. The minimum atomic E-state index is 0.118. The molecule has 5 heteroatoms. The van der Waals surface area contributed by atoms with Crippen molar-refractivity contribution in [3.05, 3.63) is 17.1 Å². The van der Waals surface area contributed by atoms with Gasteiger partial charge in [0.2, 0.25) is 0 Å². The summed E-state index contributed by atoms with van der Waals surface area (Å²) in [7, 11) is 1.40. The van der Waals surface area contributed by atoms with Crippen molar-refractivity contribution in [2.75, 3.05) is 7.11 Å². The van der Waals surface area contributed by atoms with E-state index < -0.39 is 0 Å². The lowest BCUT2D eigenvalue weighted by molar-refractivity contribution is 0.134. The lowest BCUT2D eigenvalue weighted by Gasteiger charge is -2.02. The topological polar surface area (TPSA) is 71.1 Å². The summed E-state index contributed by atoms with van der Waals surface area (Å²) in [6, 6.07) is 0. The quantitative estimate of drug-likeness (QED) is 0.557. The summed E-state index contributed by atoms with van der Waals surface area (Å²) in [6.07, 6.45) is 1.34. The molecule has 60 valence electrons. The van der Waals surface area contributed by atoms with Crippen LogP contribution in [0.1, 0.15) is 5.56 Å². The molecule has 0 aliphatic rings. The van der Waals surface area contributed by atoms with Crippen LogP contribution in [0, 0.1) is 12.3 Å². The van der Waals surface area contributed by atoms with Gasteiger partial charge in [0, 0.05) is 5.56 Å². The summed E-state index contributed by atoms with van der Waals surface area (Å²) in [5.74, 6) is 0.118. The minimum absolute atomic E-state index is 0.118. The fraction of sp³-hybridized carbons (Fsp3) is 0.333. The van der Waals surface area contributed by atoms with Crippen LogP contribution < -0.4 is 10.1 Å². The molecule has 1 heterocycles. The lowest BCUT2D eigenvalue weighted by Crippen LogP contribution is -2.15. The Labute approximate surface area is 63.3 Å². The van der Waals surface area contributed by atoms with Crippen LogP contribution in [0.4, 0.5) is 0 Å². The standard InChI is InChI=1S/C6H9N3O2/c1-4-3-9(10)8-6(11-2)5(4)7/h3,7,10H,1-2H3. The predicted octanol–water partition coefficient (Wildman–Crippen LogP) is -0.0831. The van der Waals surface area contributed by atoms with E-state index in [0.717, 1.165) is 0 Å². The second-order valence-electron chi connectivity index (χ2n) is 2.12. The van der Waals surface area contributed by atoms with Crippen molar-refractivity contribution in [2.45, 2.75) is 6.92 Å². The van der Waals surface area contributed by atoms with Crippen molar-refractivity contribution >= 4 is 0 Å². The zero-order valence-corrected chi connectivity index (χ0v) is 6.33. The molecule has 1 aromatic heterocycles. The van der Waals surface area contributed by atoms with Crippen molar-refractivity contribution in [1.82, 2.24) is 9.94 Å². The van der Waals surface area contributed by atoms with Gasteiger partial charge >= 0.3 is 0 Å². The van der Waals surface area contributed by atoms with Crippen LogP contribution >= 0.6 is 0 Å². The summed E-state index contributed by atoms with van der Waals surface area (Å²) >= 11 is 0. The molecule has 2 N–H and O–H groups in total. The number of nitrogens with zero attached hydrogens (tertiary/aromatic N) is 2. The highest BCUT2D eigenvalue weighted by Crippen LogP contribution is 1.96. The first-order valence-corrected chi connectivity index (χ1v) is 3.03. The van der Waals surface area contributed by atoms with Gasteiger partial charge in [-0.3, -0.25) is 5.41 Å². The average molecular weight is 155 g/mol. The Bertz CT molecular complexity index is 318. The van der Waals surface area contributed by atoms with Gasteiger partial charge in [-0.1, -0.05) is 5.10 Å². The Morgan fingerprint density at radius 3 is 2.91 bits per heavy atom. The maximum absolute atomic E-state index is 8.89. The lowest BCUT2D eigenvalue weighted by atomic mass is 10.3. The van der Waals surface area contributed by atoms with Crippen molar-refractivity contribution in [3.63, 3.8) is 0 Å². The molecule has 0 unspecified atom stereocenters. The molecule has 1 aromatic rings. The molecule has 5 nitrogen and oxygen atoms in total. The van der Waals surface area contributed by atoms with Crippen molar-refractivity contribution in [3.8, 4) is 5.88 Å². The van der Waals surface area contributed by atoms with Crippen LogP contribution in [0.25, 0.3) is 0 Å². The number of hydrogen-bond acceptors (Lipinski definition) is 4. The first-order valence-electron chi connectivity index (χ1n) is 3.03. The summed E-state index contributed by atoms with van der Waals surface area (Å²) in [6.45, 7) is 1.69. The Hall–Kier alpha value is -1.52. The zero-order chi connectivity index (χ0) is 8.43. The van der Waals surface area contributed by atoms with E-state index in [1.807, 2.05) is 0 Å². The number of ether oxygens (including phenoxy) is 1. The fourth-order valence-corrected chi connectivity index (χ4v) is 0.721. The molecule has 0 saturated heterocycles. The number of hydrogen-bond donors (Lipinski definition) is 2. The number of nitrogens with one attached hydrogen (secondary N) is 1. The Morgan fingerprint density at radius 1 is 1.73 bits per heavy atom. The monoisotopic (exact) mass is 155 g/mol. The van der Waals surface area contributed by atoms with Gasteiger partial charge in [0.1, 0.15) is 5.36 Å². The van der Waals surface area contributed by atoms with E-state index in [1.165, 1.54) is 13.3 Å². The van der Waals surface area contributed by atoms with Crippen LogP contribution in [0.3, 0.4) is 0 Å². The van der Waals surface area contributed by atoms with Crippen LogP contribution in [0.5, 0.6) is 5.88 Å². The van der Waals surface area contributed by atoms with E-state index in [4.69, 9.17) is 15.4 Å². The highest BCUT2D eigenvalue weighted by atomic mass is 16.5. The van der Waals surface area contributed by atoms with Crippen LogP contribution in [0.2, 0.25) is 0 Å². The first kappa shape index (κ1) is 7.59. The summed E-state index contributed by atoms with van der Waals surface area (Å²) in [4.78, 5) is 0.631. The Balaban J connectivity index is 3.37. The molecule has 0 amide bonds. The van der Waals surface area contributed by atoms with Crippen LogP contribution in [0.15, 0.2) is 6.20 Å². The highest BCUT2D eigenvalue weighted by molar-refractivity contribution is 5.13. The number of aromatic nitrogens is 2. The van der Waals surface area contributed by atoms with Gasteiger partial charge in [0.15, 0.2) is 0 Å². The van der Waals surface area contributed by atoms with Crippen LogP contribution in [-0.2, 0) is 0 Å². The molecule has 0 atom stereocenters. The van der Waals surface area contributed by atoms with Gasteiger partial charge < -0.3 is 9.94 Å². The molecule has 11 heavy (non-hydrogen) atoms. The van der Waals surface area contributed by atoms with E-state index >= 15 is 0 Å². The fourth-order valence-electron chi connectivity index (χ4n) is 0.721. The van der Waals surface area contributed by atoms with E-state index in [9.17, 15) is 0 Å². The van der Waals surface area contributed by atoms with Crippen molar-refractivity contribution in [2.24, 2.45) is 0 Å². The zero-order valence-electron chi connectivity index (χ0n) is 6.33. The van der Waals surface area contributed by atoms with Crippen LogP contribution in [-0.4, -0.2) is 22.3 Å². The molecule has 0 aromatic carbocycles. The SMILES string of the molecule is COc1nn(O)cc(C)c1=N. The molecule has 0 radical (unpaired) electrons. The van der Waals surface area contributed by atoms with Gasteiger partial charge in [-0.15, -0.1) is 4.85 Å². The molecule has 0 aliphatic heterocycles. The molecular formula is C6H9N3O2. The molecule has 1 rings (SSSR count). The van der Waals surface area contributed by atoms with Gasteiger partial charge in [-0.05, 0) is 6.92 Å². The molecule has 0 spiro atoms. The van der Waals surface area contributed by atoms with Crippen molar-refractivity contribution < 1.29 is 9.94 Å². The summed E-state index contributed by atoms with van der Waals surface area (Å²) < 4.78 is 4.73. The maximum atomic E-state index is 8.89. The molecular weight excluding hydrogens is 146 g/mol. The molecule has 0 bridgehead atoms. The van der Waals surface area contributed by atoms with Gasteiger partial charge in [-0.2, -0.15) is 0 Å². The first-order chi connectivity index (χ1) is 5.15. The Kier molecular flexibility index (Phi) is 1.80. The third-order valence-electron chi connectivity index (χ3n) is 1.30. The maximum Gasteiger partial charge on any atom is 0.260 e. The van der Waals surface area contributed by atoms with Crippen molar-refractivity contribution in [1.29, 1.82) is 5.41 Å². The van der Waals surface area contributed by atoms with E-state index in [2.05, 4.69) is 5.10 Å². The third-order valence-corrected chi connectivity index (χ3v) is 1.30. The van der Waals surface area contributed by atoms with Gasteiger partial charge in [-0.25, -0.2) is 0 Å². The number of rotatable bonds is 1. The second kappa shape index (κ2) is 2.61. The second-order valence-corrected chi connectivity index (χ2v) is 2.12. The number of methoxy groups -OCH3 is 1. The number of aryl methyl sites for hydroxylation is 1. The van der Waals surface area contributed by atoms with Gasteiger partial charge in [0.05, 0.1) is 13.3 Å². The predicted molar refractivity (Wildman–Crippen MR) is 36.6 cm³/mol. The molecule has 0 saturated carbocycles. The highest BCUT2D eigenvalue weighted by Gasteiger charge is 2.00. The minimum Gasteiger partial charge on any atom is -0.478 e. The third kappa shape index (κ3) is 1.31. The normalized spacial score (nSPS) is 9.64. The van der Waals surface area contributed by atoms with E-state index in [-0.39, 0.29) is 11.2 Å². The van der Waals surface area contributed by atoms with E-state index in [0.29, 0.717) is 10.4 Å².